The summed E-state index contributed by atoms with van der Waals surface area (Å²) in [6, 6.07) is 15.9. The third-order valence-corrected chi connectivity index (χ3v) is 8.38. The van der Waals surface area contributed by atoms with Gasteiger partial charge >= 0.3 is 6.61 Å². The topological polar surface area (TPSA) is 73.2 Å². The van der Waals surface area contributed by atoms with Crippen LogP contribution in [0.5, 0.6) is 5.75 Å². The molecule has 0 saturated carbocycles. The summed E-state index contributed by atoms with van der Waals surface area (Å²) in [5.74, 6) is -0.568. The molecule has 1 aliphatic rings. The number of nitrogens with one attached hydrogen (secondary N) is 1. The molecule has 0 unspecified atom stereocenters. The van der Waals surface area contributed by atoms with Crippen LogP contribution in [-0.2, 0) is 30.6 Å². The van der Waals surface area contributed by atoms with Gasteiger partial charge in [0.15, 0.2) is 5.16 Å². The monoisotopic (exact) mass is 541 g/mol. The average Bonchev–Trinajstić information content (AvgIpc) is 3.27. The number of thioether (sulfide) groups is 1. The van der Waals surface area contributed by atoms with E-state index in [2.05, 4.69) is 10.1 Å². The number of fused-ring (bicyclic) bond motifs is 3. The molecule has 1 amide bonds. The summed E-state index contributed by atoms with van der Waals surface area (Å²) in [6.07, 6.45) is 4.68. The maximum atomic E-state index is 13.7. The number of thiophene rings is 1. The van der Waals surface area contributed by atoms with Crippen molar-refractivity contribution < 1.29 is 18.3 Å². The number of para-hydroxylation sites is 2. The molecule has 4 aromatic rings. The van der Waals surface area contributed by atoms with Gasteiger partial charge in [-0.3, -0.25) is 14.2 Å². The summed E-state index contributed by atoms with van der Waals surface area (Å²) in [4.78, 5) is 33.2. The van der Waals surface area contributed by atoms with E-state index in [1.165, 1.54) is 17.0 Å². The van der Waals surface area contributed by atoms with Crippen molar-refractivity contribution in [1.29, 1.82) is 0 Å². The lowest BCUT2D eigenvalue weighted by Crippen LogP contribution is -2.25. The van der Waals surface area contributed by atoms with E-state index < -0.39 is 12.5 Å². The summed E-state index contributed by atoms with van der Waals surface area (Å²) in [7, 11) is 0. The largest absolute Gasteiger partial charge is 0.433 e. The van der Waals surface area contributed by atoms with Gasteiger partial charge in [-0.15, -0.1) is 11.3 Å². The van der Waals surface area contributed by atoms with E-state index >= 15 is 0 Å². The number of carbonyl (C=O) groups is 1. The number of alkyl halides is 2. The second kappa shape index (κ2) is 11.4. The number of anilines is 1. The molecule has 0 aliphatic heterocycles. The fraction of sp³-hybridized carbons (Fsp3) is 0.296. The van der Waals surface area contributed by atoms with E-state index in [4.69, 9.17) is 4.98 Å². The molecule has 0 saturated heterocycles. The number of rotatable bonds is 9. The Hall–Kier alpha value is -3.24. The van der Waals surface area contributed by atoms with Crippen molar-refractivity contribution >= 4 is 44.9 Å². The minimum absolute atomic E-state index is 0.0443. The molecule has 0 fully saturated rings. The quantitative estimate of drug-likeness (QED) is 0.211. The normalized spacial score (nSPS) is 13.1. The van der Waals surface area contributed by atoms with Gasteiger partial charge in [-0.2, -0.15) is 8.78 Å². The lowest BCUT2D eigenvalue weighted by atomic mass is 9.97. The van der Waals surface area contributed by atoms with Crippen molar-refractivity contribution in [3.63, 3.8) is 0 Å². The van der Waals surface area contributed by atoms with Crippen LogP contribution in [0.15, 0.2) is 64.5 Å². The van der Waals surface area contributed by atoms with Gasteiger partial charge < -0.3 is 10.1 Å². The molecule has 192 valence electrons. The highest BCUT2D eigenvalue weighted by Crippen LogP contribution is 2.35. The molecule has 37 heavy (non-hydrogen) atoms. The maximum Gasteiger partial charge on any atom is 0.387 e. The third-order valence-electron chi connectivity index (χ3n) is 6.22. The zero-order valence-electron chi connectivity index (χ0n) is 19.9. The summed E-state index contributed by atoms with van der Waals surface area (Å²) in [6.45, 7) is -2.56. The Balaban J connectivity index is 1.41. The summed E-state index contributed by atoms with van der Waals surface area (Å²) in [5, 5.41) is 3.80. The van der Waals surface area contributed by atoms with Crippen LogP contribution in [0, 0.1) is 0 Å². The van der Waals surface area contributed by atoms with Gasteiger partial charge in [0.25, 0.3) is 5.56 Å². The standard InChI is InChI=1S/C27H25F2N3O3S2/c28-26(29)35-20-12-6-5-11-19(20)30-22(33)16-36-27-31-24-23(18-10-4-7-13-21(18)37-24)25(34)32(27)15-14-17-8-2-1-3-9-17/h1-3,5-6,8-9,11-12,26H,4,7,10,13-16H2,(H,30,33). The van der Waals surface area contributed by atoms with Gasteiger partial charge in [0.2, 0.25) is 5.91 Å². The summed E-state index contributed by atoms with van der Waals surface area (Å²) in [5.41, 5.74) is 2.32. The van der Waals surface area contributed by atoms with Crippen molar-refractivity contribution in [1.82, 2.24) is 9.55 Å². The highest BCUT2D eigenvalue weighted by Gasteiger charge is 2.23. The Morgan fingerprint density at radius 2 is 1.86 bits per heavy atom. The van der Waals surface area contributed by atoms with Gasteiger partial charge in [-0.05, 0) is 55.4 Å². The number of hydrogen-bond donors (Lipinski definition) is 1. The molecule has 1 aliphatic carbocycles. The van der Waals surface area contributed by atoms with Crippen molar-refractivity contribution in [2.75, 3.05) is 11.1 Å². The molecule has 0 bridgehead atoms. The first-order valence-corrected chi connectivity index (χ1v) is 13.9. The Morgan fingerprint density at radius 1 is 1.11 bits per heavy atom. The Labute approximate surface area is 220 Å². The van der Waals surface area contributed by atoms with E-state index in [1.807, 2.05) is 30.3 Å². The SMILES string of the molecule is O=C(CSc1nc2sc3c(c2c(=O)n1CCc1ccccc1)CCCC3)Nc1ccccc1OC(F)F. The van der Waals surface area contributed by atoms with Crippen LogP contribution in [0.3, 0.4) is 0 Å². The van der Waals surface area contributed by atoms with E-state index in [-0.39, 0.29) is 22.7 Å². The molecule has 6 nitrogen and oxygen atoms in total. The van der Waals surface area contributed by atoms with E-state index in [1.54, 1.807) is 28.0 Å². The van der Waals surface area contributed by atoms with E-state index in [0.29, 0.717) is 28.3 Å². The average molecular weight is 542 g/mol. The highest BCUT2D eigenvalue weighted by molar-refractivity contribution is 7.99. The number of amides is 1. The van der Waals surface area contributed by atoms with Crippen LogP contribution in [0.4, 0.5) is 14.5 Å². The smallest absolute Gasteiger partial charge is 0.387 e. The van der Waals surface area contributed by atoms with Crippen LogP contribution < -0.4 is 15.6 Å². The lowest BCUT2D eigenvalue weighted by molar-refractivity contribution is -0.113. The van der Waals surface area contributed by atoms with Gasteiger partial charge in [0.05, 0.1) is 16.8 Å². The summed E-state index contributed by atoms with van der Waals surface area (Å²) >= 11 is 2.73. The van der Waals surface area contributed by atoms with Crippen LogP contribution in [0.25, 0.3) is 10.2 Å². The first-order chi connectivity index (χ1) is 18.0. The zero-order chi connectivity index (χ0) is 25.8. The second-order valence-electron chi connectivity index (χ2n) is 8.69. The molecule has 1 N–H and O–H groups in total. The third kappa shape index (κ3) is 5.86. The van der Waals surface area contributed by atoms with Crippen molar-refractivity contribution in [2.45, 2.75) is 50.4 Å². The molecular formula is C27H25F2N3O3S2. The second-order valence-corrected chi connectivity index (χ2v) is 10.7. The molecule has 0 spiro atoms. The predicted octanol–water partition coefficient (Wildman–Crippen LogP) is 5.91. The number of aromatic nitrogens is 2. The predicted molar refractivity (Wildman–Crippen MR) is 143 cm³/mol. The molecule has 5 rings (SSSR count). The fourth-order valence-corrected chi connectivity index (χ4v) is 6.63. The Bertz CT molecular complexity index is 1470. The Morgan fingerprint density at radius 3 is 2.68 bits per heavy atom. The molecule has 0 radical (unpaired) electrons. The van der Waals surface area contributed by atoms with Crippen LogP contribution in [-0.4, -0.2) is 27.8 Å². The number of nitrogens with zero attached hydrogens (tertiary/aromatic N) is 2. The van der Waals surface area contributed by atoms with Crippen LogP contribution >= 0.6 is 23.1 Å². The van der Waals surface area contributed by atoms with Gasteiger partial charge in [0, 0.05) is 11.4 Å². The molecule has 2 aromatic carbocycles. The number of halogens is 2. The zero-order valence-corrected chi connectivity index (χ0v) is 21.5. The Kier molecular flexibility index (Phi) is 7.85. The molecular weight excluding hydrogens is 516 g/mol. The van der Waals surface area contributed by atoms with Crippen molar-refractivity contribution in [3.05, 3.63) is 81.0 Å². The lowest BCUT2D eigenvalue weighted by Gasteiger charge is -2.14. The first kappa shape index (κ1) is 25.4. The van der Waals surface area contributed by atoms with Crippen molar-refractivity contribution in [3.8, 4) is 5.75 Å². The van der Waals surface area contributed by atoms with Crippen LogP contribution in [0.2, 0.25) is 0 Å². The number of aryl methyl sites for hydroxylation is 3. The highest BCUT2D eigenvalue weighted by atomic mass is 32.2. The number of benzene rings is 2. The van der Waals surface area contributed by atoms with Gasteiger partial charge in [0.1, 0.15) is 10.6 Å². The van der Waals surface area contributed by atoms with E-state index in [0.717, 1.165) is 48.6 Å². The van der Waals surface area contributed by atoms with E-state index in [9.17, 15) is 18.4 Å². The van der Waals surface area contributed by atoms with Gasteiger partial charge in [-0.25, -0.2) is 4.98 Å². The number of carbonyl (C=O) groups excluding carboxylic acids is 1. The fourth-order valence-electron chi connectivity index (χ4n) is 4.50. The van der Waals surface area contributed by atoms with Gasteiger partial charge in [-0.1, -0.05) is 54.2 Å². The van der Waals surface area contributed by atoms with Crippen LogP contribution in [0.1, 0.15) is 28.8 Å². The summed E-state index contributed by atoms with van der Waals surface area (Å²) < 4.78 is 31.6. The number of hydrogen-bond acceptors (Lipinski definition) is 6. The molecule has 2 heterocycles. The number of ether oxygens (including phenoxy) is 1. The molecule has 0 atom stereocenters. The molecule has 2 aromatic heterocycles. The maximum absolute atomic E-state index is 13.7. The minimum atomic E-state index is -3.00. The van der Waals surface area contributed by atoms with Crippen molar-refractivity contribution in [2.24, 2.45) is 0 Å². The molecule has 10 heteroatoms. The first-order valence-electron chi connectivity index (χ1n) is 12.0. The minimum Gasteiger partial charge on any atom is -0.433 e.